The molecule has 1 aliphatic heterocycles. The molecule has 1 spiro atoms. The van der Waals surface area contributed by atoms with E-state index in [1.165, 1.54) is 29.3 Å². The average molecular weight is 523 g/mol. The highest BCUT2D eigenvalue weighted by atomic mass is 19.4. The molecule has 4 aromatic rings. The lowest BCUT2D eigenvalue weighted by atomic mass is 9.73. The molecule has 0 saturated carbocycles. The fourth-order valence-corrected chi connectivity index (χ4v) is 5.78. The molecule has 0 unspecified atom stereocenters. The number of benzene rings is 2. The Morgan fingerprint density at radius 1 is 1.16 bits per heavy atom. The minimum atomic E-state index is -4.82. The van der Waals surface area contributed by atoms with Crippen molar-refractivity contribution in [2.75, 3.05) is 18.0 Å². The minimum Gasteiger partial charge on any atom is -0.406 e. The Kier molecular flexibility index (Phi) is 5.56. The van der Waals surface area contributed by atoms with Crippen LogP contribution in [0.5, 0.6) is 5.75 Å². The molecule has 196 valence electrons. The van der Waals surface area contributed by atoms with Gasteiger partial charge in [-0.2, -0.15) is 10.1 Å². The topological polar surface area (TPSA) is 113 Å². The van der Waals surface area contributed by atoms with Crippen LogP contribution in [-0.4, -0.2) is 39.6 Å². The van der Waals surface area contributed by atoms with E-state index < -0.39 is 11.9 Å². The fourth-order valence-electron chi connectivity index (χ4n) is 5.78. The highest BCUT2D eigenvalue weighted by Gasteiger charge is 2.46. The van der Waals surface area contributed by atoms with E-state index in [9.17, 15) is 18.0 Å². The van der Waals surface area contributed by atoms with E-state index in [4.69, 9.17) is 5.73 Å². The van der Waals surface area contributed by atoms with Gasteiger partial charge in [-0.05, 0) is 53.5 Å². The number of piperidine rings is 1. The summed E-state index contributed by atoms with van der Waals surface area (Å²) in [6.45, 7) is 5.34. The fraction of sp³-hybridized carbons (Fsp3) is 0.296. The lowest BCUT2D eigenvalue weighted by Crippen LogP contribution is -2.45. The van der Waals surface area contributed by atoms with Gasteiger partial charge >= 0.3 is 6.36 Å². The summed E-state index contributed by atoms with van der Waals surface area (Å²) in [4.78, 5) is 22.6. The third kappa shape index (κ3) is 4.12. The summed E-state index contributed by atoms with van der Waals surface area (Å²) in [5.74, 6) is 0.0351. The number of hydrogen-bond acceptors (Lipinski definition) is 6. The monoisotopic (exact) mass is 522 g/mol. The van der Waals surface area contributed by atoms with Crippen molar-refractivity contribution in [2.24, 2.45) is 11.1 Å². The molecule has 1 atom stereocenters. The van der Waals surface area contributed by atoms with Gasteiger partial charge < -0.3 is 15.4 Å². The smallest absolute Gasteiger partial charge is 0.406 e. The maximum absolute atomic E-state index is 13.1. The average Bonchev–Trinajstić information content (AvgIpc) is 3.43. The number of ether oxygens (including phenoxy) is 1. The van der Waals surface area contributed by atoms with Crippen molar-refractivity contribution in [3.8, 4) is 5.75 Å². The van der Waals surface area contributed by atoms with Crippen molar-refractivity contribution in [1.82, 2.24) is 20.2 Å². The maximum atomic E-state index is 13.1. The molecule has 0 amide bonds. The summed E-state index contributed by atoms with van der Waals surface area (Å²) in [7, 11) is 0. The maximum Gasteiger partial charge on any atom is 0.573 e. The first-order valence-corrected chi connectivity index (χ1v) is 12.3. The molecule has 2 aromatic carbocycles. The van der Waals surface area contributed by atoms with Gasteiger partial charge in [-0.25, -0.2) is 0 Å². The second-order valence-corrected chi connectivity index (χ2v) is 9.94. The Morgan fingerprint density at radius 2 is 1.92 bits per heavy atom. The van der Waals surface area contributed by atoms with Crippen LogP contribution in [0.3, 0.4) is 0 Å². The van der Waals surface area contributed by atoms with Crippen LogP contribution in [0.25, 0.3) is 16.6 Å². The zero-order valence-electron chi connectivity index (χ0n) is 20.3. The highest BCUT2D eigenvalue weighted by molar-refractivity contribution is 5.92. The molecule has 2 aromatic heterocycles. The van der Waals surface area contributed by atoms with Crippen LogP contribution < -0.4 is 20.9 Å². The molecule has 1 aliphatic carbocycles. The van der Waals surface area contributed by atoms with Crippen molar-refractivity contribution >= 4 is 22.6 Å². The van der Waals surface area contributed by atoms with Crippen LogP contribution in [-0.2, 0) is 6.42 Å². The van der Waals surface area contributed by atoms with Gasteiger partial charge in [-0.3, -0.25) is 14.9 Å². The first kappa shape index (κ1) is 24.2. The molecule has 1 saturated heterocycles. The Labute approximate surface area is 215 Å². The molecule has 38 heavy (non-hydrogen) atoms. The number of nitrogens with two attached hydrogens (primary N) is 1. The summed E-state index contributed by atoms with van der Waals surface area (Å²) < 4.78 is 41.9. The predicted octanol–water partition coefficient (Wildman–Crippen LogP) is 4.45. The van der Waals surface area contributed by atoms with Crippen molar-refractivity contribution in [3.63, 3.8) is 0 Å². The molecule has 2 aliphatic rings. The van der Waals surface area contributed by atoms with E-state index in [2.05, 4.69) is 43.6 Å². The van der Waals surface area contributed by atoms with Crippen molar-refractivity contribution < 1.29 is 17.9 Å². The van der Waals surface area contributed by atoms with Gasteiger partial charge in [0.05, 0.1) is 5.69 Å². The highest BCUT2D eigenvalue weighted by Crippen LogP contribution is 2.50. The zero-order valence-corrected chi connectivity index (χ0v) is 20.3. The van der Waals surface area contributed by atoms with Gasteiger partial charge in [0.2, 0.25) is 5.95 Å². The van der Waals surface area contributed by atoms with E-state index in [0.717, 1.165) is 19.3 Å². The number of aromatic amines is 2. The Balaban J connectivity index is 1.23. The SMILES string of the molecule is C=C(c1cccc(OC(F)(F)F)c1)c1[nH]nc2nc(N3CCC4(CC3)Cc3ccccc3[C@H]4N)[nH]c(=O)c12. The van der Waals surface area contributed by atoms with Crippen LogP contribution >= 0.6 is 0 Å². The quantitative estimate of drug-likeness (QED) is 0.365. The third-order valence-electron chi connectivity index (χ3n) is 7.78. The summed E-state index contributed by atoms with van der Waals surface area (Å²) >= 11 is 0. The summed E-state index contributed by atoms with van der Waals surface area (Å²) in [6.07, 6.45) is -2.15. The van der Waals surface area contributed by atoms with Crippen molar-refractivity contribution in [3.05, 3.63) is 87.8 Å². The molecule has 6 rings (SSSR count). The Hall–Kier alpha value is -4.12. The van der Waals surface area contributed by atoms with E-state index >= 15 is 0 Å². The number of nitrogens with zero attached hydrogens (tertiary/aromatic N) is 3. The normalized spacial score (nSPS) is 18.6. The van der Waals surface area contributed by atoms with E-state index in [1.807, 2.05) is 17.0 Å². The molecule has 8 nitrogen and oxygen atoms in total. The number of rotatable bonds is 4. The number of hydrogen-bond donors (Lipinski definition) is 3. The van der Waals surface area contributed by atoms with Gasteiger partial charge in [-0.1, -0.05) is 43.0 Å². The summed E-state index contributed by atoms with van der Waals surface area (Å²) in [6, 6.07) is 13.7. The first-order chi connectivity index (χ1) is 18.1. The van der Waals surface area contributed by atoms with Crippen molar-refractivity contribution in [1.29, 1.82) is 0 Å². The zero-order chi connectivity index (χ0) is 26.7. The van der Waals surface area contributed by atoms with Crippen LogP contribution in [0, 0.1) is 5.41 Å². The van der Waals surface area contributed by atoms with Crippen LogP contribution in [0.4, 0.5) is 19.1 Å². The van der Waals surface area contributed by atoms with E-state index in [-0.39, 0.29) is 39.5 Å². The molecular weight excluding hydrogens is 497 g/mol. The number of fused-ring (bicyclic) bond motifs is 2. The number of alkyl halides is 3. The standard InChI is InChI=1S/C27H25F3N6O2/c1-15(16-6-4-7-18(13-16)38-27(28,29)30)21-20-23(35-34-21)32-25(33-24(20)37)36-11-9-26(10-12-36)14-17-5-2-3-8-19(17)22(26)31/h2-8,13,22H,1,9-12,14,31H2,(H2,32,33,34,35,37)/t22-/m1/s1. The number of aromatic nitrogens is 4. The predicted molar refractivity (Wildman–Crippen MR) is 137 cm³/mol. The Morgan fingerprint density at radius 3 is 2.66 bits per heavy atom. The second kappa shape index (κ2) is 8.73. The third-order valence-corrected chi connectivity index (χ3v) is 7.78. The largest absolute Gasteiger partial charge is 0.573 e. The molecule has 4 N–H and O–H groups in total. The molecule has 0 radical (unpaired) electrons. The second-order valence-electron chi connectivity index (χ2n) is 9.94. The van der Waals surface area contributed by atoms with Gasteiger partial charge in [0.1, 0.15) is 11.1 Å². The summed E-state index contributed by atoms with van der Waals surface area (Å²) in [5, 5.41) is 7.16. The number of nitrogens with one attached hydrogen (secondary N) is 2. The number of H-pyrrole nitrogens is 2. The Bertz CT molecular complexity index is 1600. The van der Waals surface area contributed by atoms with Gasteiger partial charge in [0, 0.05) is 24.7 Å². The minimum absolute atomic E-state index is 0.00774. The van der Waals surface area contributed by atoms with Crippen LogP contribution in [0.2, 0.25) is 0 Å². The number of anilines is 1. The van der Waals surface area contributed by atoms with Gasteiger partial charge in [0.15, 0.2) is 5.65 Å². The van der Waals surface area contributed by atoms with Crippen LogP contribution in [0.15, 0.2) is 59.9 Å². The lowest BCUT2D eigenvalue weighted by molar-refractivity contribution is -0.274. The molecular formula is C27H25F3N6O2. The molecule has 0 bridgehead atoms. The molecule has 11 heteroatoms. The van der Waals surface area contributed by atoms with Gasteiger partial charge in [0.25, 0.3) is 5.56 Å². The number of halogens is 3. The van der Waals surface area contributed by atoms with E-state index in [1.54, 1.807) is 6.07 Å². The van der Waals surface area contributed by atoms with E-state index in [0.29, 0.717) is 24.6 Å². The lowest BCUT2D eigenvalue weighted by Gasteiger charge is -2.42. The van der Waals surface area contributed by atoms with Gasteiger partial charge in [-0.15, -0.1) is 13.2 Å². The van der Waals surface area contributed by atoms with Crippen LogP contribution in [0.1, 0.15) is 41.3 Å². The molecule has 3 heterocycles. The van der Waals surface area contributed by atoms with Crippen molar-refractivity contribution in [2.45, 2.75) is 31.7 Å². The molecule has 1 fully saturated rings. The summed E-state index contributed by atoms with van der Waals surface area (Å²) in [5.41, 5.74) is 9.89. The first-order valence-electron chi connectivity index (χ1n) is 12.3.